The van der Waals surface area contributed by atoms with Gasteiger partial charge in [-0.15, -0.1) is 0 Å². The number of carbonyl (C=O) groups excluding carboxylic acids is 1. The van der Waals surface area contributed by atoms with E-state index in [2.05, 4.69) is 19.2 Å². The van der Waals surface area contributed by atoms with Gasteiger partial charge in [-0.1, -0.05) is 180 Å². The maximum atomic E-state index is 12.4. The van der Waals surface area contributed by atoms with Crippen molar-refractivity contribution >= 4 is 5.91 Å². The smallest absolute Gasteiger partial charge is 0.249 e. The molecule has 244 valence electrons. The largest absolute Gasteiger partial charge is 0.394 e. The first-order valence-corrected chi connectivity index (χ1v) is 18.0. The van der Waals surface area contributed by atoms with E-state index in [4.69, 9.17) is 0 Å². The highest BCUT2D eigenvalue weighted by Crippen LogP contribution is 2.15. The van der Waals surface area contributed by atoms with E-state index in [-0.39, 0.29) is 6.61 Å². The maximum absolute atomic E-state index is 12.4. The SMILES string of the molecule is CCCCCCCCCCCCCC/C=C/C(O)C(CO)NC(=O)C(O)CCCCCCCCCCCCCCC. The molecule has 41 heavy (non-hydrogen) atoms. The summed E-state index contributed by atoms with van der Waals surface area (Å²) in [5.41, 5.74) is 0. The van der Waals surface area contributed by atoms with Crippen molar-refractivity contribution in [1.82, 2.24) is 5.32 Å². The molecule has 3 unspecified atom stereocenters. The van der Waals surface area contributed by atoms with Crippen molar-refractivity contribution < 1.29 is 20.1 Å². The molecule has 0 aromatic carbocycles. The summed E-state index contributed by atoms with van der Waals surface area (Å²) in [5.74, 6) is -0.503. The highest BCUT2D eigenvalue weighted by Gasteiger charge is 2.22. The second-order valence-corrected chi connectivity index (χ2v) is 12.4. The van der Waals surface area contributed by atoms with Gasteiger partial charge in [-0.2, -0.15) is 0 Å². The molecule has 1 amide bonds. The molecule has 5 nitrogen and oxygen atoms in total. The summed E-state index contributed by atoms with van der Waals surface area (Å²) in [7, 11) is 0. The van der Waals surface area contributed by atoms with E-state index in [1.165, 1.54) is 135 Å². The van der Waals surface area contributed by atoms with Gasteiger partial charge < -0.3 is 20.6 Å². The molecular weight excluding hydrogens is 510 g/mol. The number of rotatable bonds is 32. The summed E-state index contributed by atoms with van der Waals surface area (Å²) in [6.45, 7) is 4.16. The molecule has 0 radical (unpaired) electrons. The highest BCUT2D eigenvalue weighted by atomic mass is 16.3. The van der Waals surface area contributed by atoms with Crippen molar-refractivity contribution in [2.24, 2.45) is 0 Å². The molecule has 0 saturated heterocycles. The van der Waals surface area contributed by atoms with Crippen LogP contribution in [0.1, 0.15) is 187 Å². The first-order chi connectivity index (χ1) is 20.1. The lowest BCUT2D eigenvalue weighted by Crippen LogP contribution is -2.48. The topological polar surface area (TPSA) is 89.8 Å². The summed E-state index contributed by atoms with van der Waals surface area (Å²) in [5, 5.41) is 32.9. The van der Waals surface area contributed by atoms with Crippen LogP contribution in [0.4, 0.5) is 0 Å². The number of hydrogen-bond donors (Lipinski definition) is 4. The van der Waals surface area contributed by atoms with Gasteiger partial charge in [-0.3, -0.25) is 4.79 Å². The van der Waals surface area contributed by atoms with Crippen LogP contribution in [0.2, 0.25) is 0 Å². The number of nitrogens with one attached hydrogen (secondary N) is 1. The van der Waals surface area contributed by atoms with Gasteiger partial charge in [-0.05, 0) is 19.3 Å². The fourth-order valence-electron chi connectivity index (χ4n) is 5.48. The van der Waals surface area contributed by atoms with Crippen LogP contribution in [-0.2, 0) is 4.79 Å². The van der Waals surface area contributed by atoms with Crippen molar-refractivity contribution in [3.8, 4) is 0 Å². The number of hydrogen-bond acceptors (Lipinski definition) is 4. The Morgan fingerprint density at radius 3 is 1.34 bits per heavy atom. The number of amides is 1. The third-order valence-electron chi connectivity index (χ3n) is 8.38. The van der Waals surface area contributed by atoms with Crippen LogP contribution in [-0.4, -0.2) is 46.1 Å². The summed E-state index contributed by atoms with van der Waals surface area (Å²) < 4.78 is 0. The molecule has 0 fully saturated rings. The summed E-state index contributed by atoms with van der Waals surface area (Å²) in [4.78, 5) is 12.4. The van der Waals surface area contributed by atoms with Gasteiger partial charge in [-0.25, -0.2) is 0 Å². The van der Waals surface area contributed by atoms with Crippen LogP contribution in [0.3, 0.4) is 0 Å². The molecular formula is C36H71NO4. The zero-order valence-electron chi connectivity index (χ0n) is 27.4. The Kier molecular flexibility index (Phi) is 31.3. The Morgan fingerprint density at radius 1 is 0.585 bits per heavy atom. The molecule has 0 saturated carbocycles. The Hall–Kier alpha value is -0.910. The van der Waals surface area contributed by atoms with Gasteiger partial charge in [0.1, 0.15) is 6.10 Å². The number of aliphatic hydroxyl groups excluding tert-OH is 3. The highest BCUT2D eigenvalue weighted by molar-refractivity contribution is 5.80. The zero-order valence-corrected chi connectivity index (χ0v) is 27.4. The summed E-state index contributed by atoms with van der Waals surface area (Å²) >= 11 is 0. The van der Waals surface area contributed by atoms with Crippen molar-refractivity contribution in [1.29, 1.82) is 0 Å². The fourth-order valence-corrected chi connectivity index (χ4v) is 5.48. The van der Waals surface area contributed by atoms with E-state index in [1.807, 2.05) is 6.08 Å². The third-order valence-corrected chi connectivity index (χ3v) is 8.38. The van der Waals surface area contributed by atoms with E-state index in [0.717, 1.165) is 32.1 Å². The van der Waals surface area contributed by atoms with Crippen LogP contribution in [0.15, 0.2) is 12.2 Å². The molecule has 0 heterocycles. The van der Waals surface area contributed by atoms with Crippen LogP contribution < -0.4 is 5.32 Å². The lowest BCUT2D eigenvalue weighted by molar-refractivity contribution is -0.131. The minimum Gasteiger partial charge on any atom is -0.394 e. The summed E-state index contributed by atoms with van der Waals surface area (Å²) in [6.07, 6.45) is 35.0. The van der Waals surface area contributed by atoms with Crippen molar-refractivity contribution in [3.05, 3.63) is 12.2 Å². The monoisotopic (exact) mass is 582 g/mol. The van der Waals surface area contributed by atoms with Gasteiger partial charge in [0.15, 0.2) is 0 Å². The van der Waals surface area contributed by atoms with Gasteiger partial charge in [0.2, 0.25) is 5.91 Å². The Balaban J connectivity index is 3.75. The molecule has 4 N–H and O–H groups in total. The molecule has 0 rings (SSSR count). The predicted molar refractivity (Wildman–Crippen MR) is 176 cm³/mol. The van der Waals surface area contributed by atoms with E-state index < -0.39 is 24.2 Å². The quantitative estimate of drug-likeness (QED) is 0.0471. The van der Waals surface area contributed by atoms with Crippen LogP contribution in [0, 0.1) is 0 Å². The Morgan fingerprint density at radius 2 is 0.951 bits per heavy atom. The minimum absolute atomic E-state index is 0.360. The number of aliphatic hydroxyl groups is 3. The first-order valence-electron chi connectivity index (χ1n) is 18.0. The average Bonchev–Trinajstić information content (AvgIpc) is 2.98. The van der Waals surface area contributed by atoms with E-state index in [1.54, 1.807) is 6.08 Å². The number of carbonyl (C=O) groups is 1. The van der Waals surface area contributed by atoms with Crippen LogP contribution in [0.25, 0.3) is 0 Å². The van der Waals surface area contributed by atoms with Crippen LogP contribution >= 0.6 is 0 Å². The normalized spacial score (nSPS) is 14.0. The lowest BCUT2D eigenvalue weighted by atomic mass is 10.0. The van der Waals surface area contributed by atoms with Gasteiger partial charge in [0.25, 0.3) is 0 Å². The molecule has 3 atom stereocenters. The van der Waals surface area contributed by atoms with Gasteiger partial charge >= 0.3 is 0 Å². The molecule has 0 aromatic rings. The maximum Gasteiger partial charge on any atom is 0.249 e. The third kappa shape index (κ3) is 27.7. The molecule has 0 aliphatic rings. The second kappa shape index (κ2) is 32.0. The molecule has 0 bridgehead atoms. The molecule has 5 heteroatoms. The van der Waals surface area contributed by atoms with Crippen molar-refractivity contribution in [2.75, 3.05) is 6.61 Å². The molecule has 0 aliphatic heterocycles. The van der Waals surface area contributed by atoms with E-state index in [0.29, 0.717) is 6.42 Å². The molecule has 0 spiro atoms. The fraction of sp³-hybridized carbons (Fsp3) is 0.917. The van der Waals surface area contributed by atoms with E-state index >= 15 is 0 Å². The predicted octanol–water partition coefficient (Wildman–Crippen LogP) is 9.31. The molecule has 0 aromatic heterocycles. The van der Waals surface area contributed by atoms with Gasteiger partial charge in [0.05, 0.1) is 18.8 Å². The number of unbranched alkanes of at least 4 members (excludes halogenated alkanes) is 24. The lowest BCUT2D eigenvalue weighted by Gasteiger charge is -2.21. The standard InChI is InChI=1S/C36H71NO4/c1-3-5-7-9-11-13-15-17-19-20-22-24-26-28-30-34(39)33(32-38)37-36(41)35(40)31-29-27-25-23-21-18-16-14-12-10-8-6-4-2/h28,30,33-35,38-40H,3-27,29,31-32H2,1-2H3,(H,37,41)/b30-28+. The van der Waals surface area contributed by atoms with E-state index in [9.17, 15) is 20.1 Å². The second-order valence-electron chi connectivity index (χ2n) is 12.4. The number of allylic oxidation sites excluding steroid dienone is 1. The van der Waals surface area contributed by atoms with Gasteiger partial charge in [0, 0.05) is 0 Å². The zero-order chi connectivity index (χ0) is 30.2. The Labute approximate surface area is 255 Å². The summed E-state index contributed by atoms with van der Waals surface area (Å²) in [6, 6.07) is -0.790. The average molecular weight is 582 g/mol. The Bertz CT molecular complexity index is 568. The van der Waals surface area contributed by atoms with Crippen molar-refractivity contribution in [3.63, 3.8) is 0 Å². The minimum atomic E-state index is -1.09. The van der Waals surface area contributed by atoms with Crippen molar-refractivity contribution in [2.45, 2.75) is 205 Å². The molecule has 0 aliphatic carbocycles. The van der Waals surface area contributed by atoms with Crippen LogP contribution in [0.5, 0.6) is 0 Å². The first kappa shape index (κ1) is 40.1.